The molecule has 20 heavy (non-hydrogen) atoms. The zero-order chi connectivity index (χ0) is 13.9. The van der Waals surface area contributed by atoms with E-state index >= 15 is 0 Å². The molecule has 0 radical (unpaired) electrons. The standard InChI is InChI=1S/C15H19N3O2/c19-15(20)12-4-9-18-11-13(16-14(18)10-12)5-8-17-6-2-1-3-7-17/h4,9-11H,1-3,5-8H2,(H,19,20). The number of fused-ring (bicyclic) bond motifs is 1. The maximum Gasteiger partial charge on any atom is 0.335 e. The van der Waals surface area contributed by atoms with Gasteiger partial charge in [0.15, 0.2) is 0 Å². The minimum atomic E-state index is -0.912. The Hall–Kier alpha value is -1.88. The number of likely N-dealkylation sites (tertiary alicyclic amines) is 1. The Morgan fingerprint density at radius 2 is 2.10 bits per heavy atom. The highest BCUT2D eigenvalue weighted by molar-refractivity contribution is 5.88. The van der Waals surface area contributed by atoms with Gasteiger partial charge in [0.25, 0.3) is 0 Å². The second-order valence-electron chi connectivity index (χ2n) is 5.37. The smallest absolute Gasteiger partial charge is 0.335 e. The van der Waals surface area contributed by atoms with Gasteiger partial charge in [-0.25, -0.2) is 9.78 Å². The highest BCUT2D eigenvalue weighted by Crippen LogP contribution is 2.12. The second-order valence-corrected chi connectivity index (χ2v) is 5.37. The average molecular weight is 273 g/mol. The van der Waals surface area contributed by atoms with Crippen LogP contribution in [0.5, 0.6) is 0 Å². The summed E-state index contributed by atoms with van der Waals surface area (Å²) in [6.07, 6.45) is 8.62. The van der Waals surface area contributed by atoms with Crippen LogP contribution in [-0.4, -0.2) is 45.0 Å². The Balaban J connectivity index is 1.70. The molecule has 0 amide bonds. The maximum atomic E-state index is 10.9. The van der Waals surface area contributed by atoms with E-state index in [4.69, 9.17) is 5.11 Å². The van der Waals surface area contributed by atoms with Crippen molar-refractivity contribution in [2.45, 2.75) is 25.7 Å². The SMILES string of the molecule is O=C(O)c1ccn2cc(CCN3CCCCC3)nc2c1. The van der Waals surface area contributed by atoms with Crippen molar-refractivity contribution >= 4 is 11.6 Å². The van der Waals surface area contributed by atoms with E-state index in [1.165, 1.54) is 32.4 Å². The quantitative estimate of drug-likeness (QED) is 0.926. The zero-order valence-electron chi connectivity index (χ0n) is 11.5. The maximum absolute atomic E-state index is 10.9. The molecule has 1 fully saturated rings. The van der Waals surface area contributed by atoms with Crippen LogP contribution in [0.1, 0.15) is 35.3 Å². The van der Waals surface area contributed by atoms with Gasteiger partial charge in [-0.2, -0.15) is 0 Å². The summed E-state index contributed by atoms with van der Waals surface area (Å²) in [6.45, 7) is 3.42. The van der Waals surface area contributed by atoms with Crippen molar-refractivity contribution in [2.24, 2.45) is 0 Å². The fraction of sp³-hybridized carbons (Fsp3) is 0.467. The molecule has 5 nitrogen and oxygen atoms in total. The minimum Gasteiger partial charge on any atom is -0.478 e. The summed E-state index contributed by atoms with van der Waals surface area (Å²) in [6, 6.07) is 3.22. The summed E-state index contributed by atoms with van der Waals surface area (Å²) in [5, 5.41) is 8.98. The van der Waals surface area contributed by atoms with E-state index in [9.17, 15) is 4.79 Å². The molecule has 3 rings (SSSR count). The van der Waals surface area contributed by atoms with E-state index < -0.39 is 5.97 Å². The molecule has 1 aliphatic rings. The lowest BCUT2D eigenvalue weighted by Crippen LogP contribution is -2.31. The molecule has 0 bridgehead atoms. The third kappa shape index (κ3) is 2.82. The molecule has 106 valence electrons. The van der Waals surface area contributed by atoms with Crippen molar-refractivity contribution < 1.29 is 9.90 Å². The van der Waals surface area contributed by atoms with Crippen molar-refractivity contribution in [3.63, 3.8) is 0 Å². The van der Waals surface area contributed by atoms with E-state index in [2.05, 4.69) is 9.88 Å². The van der Waals surface area contributed by atoms with Crippen molar-refractivity contribution in [1.82, 2.24) is 14.3 Å². The van der Waals surface area contributed by atoms with Crippen LogP contribution in [0.25, 0.3) is 5.65 Å². The van der Waals surface area contributed by atoms with E-state index in [1.54, 1.807) is 18.3 Å². The number of imidazole rings is 1. The molecule has 0 unspecified atom stereocenters. The fourth-order valence-electron chi connectivity index (χ4n) is 2.74. The molecule has 3 heterocycles. The Morgan fingerprint density at radius 3 is 2.85 bits per heavy atom. The van der Waals surface area contributed by atoms with Gasteiger partial charge in [0, 0.05) is 25.4 Å². The summed E-state index contributed by atoms with van der Waals surface area (Å²) in [7, 11) is 0. The summed E-state index contributed by atoms with van der Waals surface area (Å²) in [5.74, 6) is -0.912. The predicted molar refractivity (Wildman–Crippen MR) is 76.1 cm³/mol. The summed E-state index contributed by atoms with van der Waals surface area (Å²) in [5.41, 5.74) is 2.02. The van der Waals surface area contributed by atoms with Crippen LogP contribution < -0.4 is 0 Å². The third-order valence-electron chi connectivity index (χ3n) is 3.89. The summed E-state index contributed by atoms with van der Waals surface area (Å²) in [4.78, 5) is 17.9. The van der Waals surface area contributed by atoms with Crippen molar-refractivity contribution in [3.8, 4) is 0 Å². The number of aromatic nitrogens is 2. The van der Waals surface area contributed by atoms with Gasteiger partial charge in [-0.1, -0.05) is 6.42 Å². The summed E-state index contributed by atoms with van der Waals surface area (Å²) < 4.78 is 1.89. The lowest BCUT2D eigenvalue weighted by atomic mass is 10.1. The van der Waals surface area contributed by atoms with Gasteiger partial charge in [0.1, 0.15) is 5.65 Å². The molecule has 5 heteroatoms. The van der Waals surface area contributed by atoms with E-state index in [0.717, 1.165) is 18.7 Å². The number of pyridine rings is 1. The van der Waals surface area contributed by atoms with Crippen LogP contribution in [0, 0.1) is 0 Å². The van der Waals surface area contributed by atoms with Gasteiger partial charge in [0.2, 0.25) is 0 Å². The topological polar surface area (TPSA) is 57.8 Å². The zero-order valence-corrected chi connectivity index (χ0v) is 11.5. The van der Waals surface area contributed by atoms with E-state index in [0.29, 0.717) is 5.65 Å². The molecule has 0 saturated carbocycles. The number of hydrogen-bond acceptors (Lipinski definition) is 3. The third-order valence-corrected chi connectivity index (χ3v) is 3.89. The molecule has 2 aromatic heterocycles. The Morgan fingerprint density at radius 1 is 1.30 bits per heavy atom. The molecular weight excluding hydrogens is 254 g/mol. The second kappa shape index (κ2) is 5.63. The highest BCUT2D eigenvalue weighted by atomic mass is 16.4. The number of carboxylic acids is 1. The lowest BCUT2D eigenvalue weighted by Gasteiger charge is -2.25. The van der Waals surface area contributed by atoms with Gasteiger partial charge < -0.3 is 14.4 Å². The molecule has 2 aromatic rings. The molecule has 1 saturated heterocycles. The number of nitrogens with zero attached hydrogens (tertiary/aromatic N) is 3. The molecule has 0 spiro atoms. The largest absolute Gasteiger partial charge is 0.478 e. The molecule has 0 atom stereocenters. The van der Waals surface area contributed by atoms with Gasteiger partial charge >= 0.3 is 5.97 Å². The van der Waals surface area contributed by atoms with Gasteiger partial charge in [-0.3, -0.25) is 0 Å². The summed E-state index contributed by atoms with van der Waals surface area (Å²) >= 11 is 0. The van der Waals surface area contributed by atoms with Crippen molar-refractivity contribution in [3.05, 3.63) is 35.8 Å². The molecule has 0 aliphatic carbocycles. The first kappa shape index (κ1) is 13.1. The number of rotatable bonds is 4. The van der Waals surface area contributed by atoms with E-state index in [-0.39, 0.29) is 5.56 Å². The van der Waals surface area contributed by atoms with Crippen LogP contribution >= 0.6 is 0 Å². The number of piperidine rings is 1. The Kier molecular flexibility index (Phi) is 3.69. The molecule has 0 aromatic carbocycles. The molecule has 1 aliphatic heterocycles. The Bertz CT molecular complexity index is 615. The first-order valence-electron chi connectivity index (χ1n) is 7.16. The predicted octanol–water partition coefficient (Wildman–Crippen LogP) is 2.06. The first-order chi connectivity index (χ1) is 9.72. The van der Waals surface area contributed by atoms with Crippen LogP contribution in [-0.2, 0) is 6.42 Å². The monoisotopic (exact) mass is 273 g/mol. The fourth-order valence-corrected chi connectivity index (χ4v) is 2.74. The van der Waals surface area contributed by atoms with Gasteiger partial charge in [0.05, 0.1) is 11.3 Å². The van der Waals surface area contributed by atoms with Crippen molar-refractivity contribution in [2.75, 3.05) is 19.6 Å². The average Bonchev–Trinajstić information content (AvgIpc) is 2.88. The van der Waals surface area contributed by atoms with Gasteiger partial charge in [-0.05, 0) is 38.1 Å². The Labute approximate surface area is 117 Å². The molecular formula is C15H19N3O2. The van der Waals surface area contributed by atoms with Crippen LogP contribution in [0.4, 0.5) is 0 Å². The van der Waals surface area contributed by atoms with Crippen molar-refractivity contribution in [1.29, 1.82) is 0 Å². The molecule has 1 N–H and O–H groups in total. The number of hydrogen-bond donors (Lipinski definition) is 1. The number of carbonyl (C=O) groups is 1. The van der Waals surface area contributed by atoms with E-state index in [1.807, 2.05) is 10.6 Å². The number of carboxylic acid groups (broad SMARTS) is 1. The normalized spacial score (nSPS) is 16.6. The van der Waals surface area contributed by atoms with Crippen LogP contribution in [0.2, 0.25) is 0 Å². The van der Waals surface area contributed by atoms with Crippen LogP contribution in [0.15, 0.2) is 24.5 Å². The lowest BCUT2D eigenvalue weighted by molar-refractivity contribution is 0.0697. The number of aromatic carboxylic acids is 1. The van der Waals surface area contributed by atoms with Crippen LogP contribution in [0.3, 0.4) is 0 Å². The highest BCUT2D eigenvalue weighted by Gasteiger charge is 2.11. The minimum absolute atomic E-state index is 0.283. The first-order valence-corrected chi connectivity index (χ1v) is 7.16. The van der Waals surface area contributed by atoms with Gasteiger partial charge in [-0.15, -0.1) is 0 Å².